The molecule has 0 spiro atoms. The van der Waals surface area contributed by atoms with Crippen molar-refractivity contribution in [3.05, 3.63) is 54.1 Å². The Morgan fingerprint density at radius 3 is 2.62 bits per heavy atom. The van der Waals surface area contributed by atoms with E-state index in [1.54, 1.807) is 36.4 Å². The number of nitrogen functional groups attached to an aromatic ring is 1. The number of para-hydroxylation sites is 1. The smallest absolute Gasteiger partial charge is 0.345 e. The van der Waals surface area contributed by atoms with Crippen LogP contribution in [0.3, 0.4) is 0 Å². The summed E-state index contributed by atoms with van der Waals surface area (Å²) in [5.41, 5.74) is 7.43. The van der Waals surface area contributed by atoms with E-state index in [2.05, 4.69) is 0 Å². The van der Waals surface area contributed by atoms with Gasteiger partial charge < -0.3 is 25.2 Å². The van der Waals surface area contributed by atoms with Crippen molar-refractivity contribution in [2.24, 2.45) is 0 Å². The molecule has 0 aliphatic heterocycles. The van der Waals surface area contributed by atoms with Gasteiger partial charge in [-0.1, -0.05) is 18.2 Å². The summed E-state index contributed by atoms with van der Waals surface area (Å²) < 4.78 is 10.6. The summed E-state index contributed by atoms with van der Waals surface area (Å²) in [7, 11) is 1.89. The first-order valence-corrected chi connectivity index (χ1v) is 7.68. The van der Waals surface area contributed by atoms with Gasteiger partial charge in [-0.15, -0.1) is 0 Å². The highest BCUT2D eigenvalue weighted by molar-refractivity contribution is 5.97. The zero-order valence-corrected chi connectivity index (χ0v) is 13.6. The Kier molecular flexibility index (Phi) is 6.60. The van der Waals surface area contributed by atoms with Gasteiger partial charge >= 0.3 is 5.97 Å². The Labute approximate surface area is 141 Å². The molecule has 0 aliphatic carbocycles. The third-order valence-corrected chi connectivity index (χ3v) is 3.46. The number of nitrogens with zero attached hydrogens (tertiary/aromatic N) is 1. The molecule has 0 heterocycles. The average Bonchev–Trinajstić information content (AvgIpc) is 2.59. The molecule has 0 unspecified atom stereocenters. The molecule has 0 aromatic heterocycles. The largest absolute Gasteiger partial charge is 0.423 e. The van der Waals surface area contributed by atoms with E-state index in [1.165, 1.54) is 0 Å². The Morgan fingerprint density at radius 1 is 1.17 bits per heavy atom. The number of hydrogen-bond acceptors (Lipinski definition) is 6. The first-order valence-electron chi connectivity index (χ1n) is 7.68. The van der Waals surface area contributed by atoms with E-state index in [0.29, 0.717) is 36.8 Å². The lowest BCUT2D eigenvalue weighted by atomic mass is 10.1. The van der Waals surface area contributed by atoms with Crippen molar-refractivity contribution in [2.75, 3.05) is 44.0 Å². The van der Waals surface area contributed by atoms with Gasteiger partial charge in [-0.2, -0.15) is 0 Å². The van der Waals surface area contributed by atoms with Crippen LogP contribution in [0, 0.1) is 0 Å². The number of nitrogens with two attached hydrogens (primary N) is 1. The maximum absolute atomic E-state index is 12.3. The SMILES string of the molecule is CN(CCOCCO)c1ccc(N)c(C(=O)Oc2ccccc2)c1. The van der Waals surface area contributed by atoms with Gasteiger partial charge in [-0.05, 0) is 30.3 Å². The van der Waals surface area contributed by atoms with Crippen molar-refractivity contribution >= 4 is 17.3 Å². The molecule has 0 saturated heterocycles. The highest BCUT2D eigenvalue weighted by atomic mass is 16.5. The molecular formula is C18H22N2O4. The number of aliphatic hydroxyl groups excluding tert-OH is 1. The molecule has 2 rings (SSSR count). The molecule has 6 nitrogen and oxygen atoms in total. The molecule has 24 heavy (non-hydrogen) atoms. The van der Waals surface area contributed by atoms with Crippen LogP contribution < -0.4 is 15.4 Å². The van der Waals surface area contributed by atoms with Crippen LogP contribution in [-0.4, -0.2) is 44.5 Å². The number of likely N-dealkylation sites (N-methyl/N-ethyl adjacent to an activating group) is 1. The maximum atomic E-state index is 12.3. The van der Waals surface area contributed by atoms with Crippen LogP contribution in [-0.2, 0) is 4.74 Å². The van der Waals surface area contributed by atoms with Crippen LogP contribution in [0.5, 0.6) is 5.75 Å². The van der Waals surface area contributed by atoms with Crippen LogP contribution in [0.25, 0.3) is 0 Å². The third kappa shape index (κ3) is 4.97. The van der Waals surface area contributed by atoms with Crippen molar-refractivity contribution in [3.8, 4) is 5.75 Å². The number of esters is 1. The predicted molar refractivity (Wildman–Crippen MR) is 93.4 cm³/mol. The molecule has 0 radical (unpaired) electrons. The lowest BCUT2D eigenvalue weighted by Crippen LogP contribution is -2.23. The number of carbonyl (C=O) groups excluding carboxylic acids is 1. The van der Waals surface area contributed by atoms with Gasteiger partial charge in [0, 0.05) is 25.0 Å². The first-order chi connectivity index (χ1) is 11.6. The normalized spacial score (nSPS) is 10.4. The topological polar surface area (TPSA) is 85.0 Å². The van der Waals surface area contributed by atoms with Crippen molar-refractivity contribution < 1.29 is 19.4 Å². The van der Waals surface area contributed by atoms with E-state index in [0.717, 1.165) is 5.69 Å². The van der Waals surface area contributed by atoms with E-state index in [-0.39, 0.29) is 6.61 Å². The van der Waals surface area contributed by atoms with Crippen LogP contribution in [0.15, 0.2) is 48.5 Å². The van der Waals surface area contributed by atoms with Crippen molar-refractivity contribution in [1.82, 2.24) is 0 Å². The van der Waals surface area contributed by atoms with Gasteiger partial charge in [-0.3, -0.25) is 0 Å². The molecule has 0 bridgehead atoms. The van der Waals surface area contributed by atoms with E-state index in [4.69, 9.17) is 20.3 Å². The monoisotopic (exact) mass is 330 g/mol. The average molecular weight is 330 g/mol. The zero-order valence-electron chi connectivity index (χ0n) is 13.6. The highest BCUT2D eigenvalue weighted by Crippen LogP contribution is 2.22. The standard InChI is InChI=1S/C18H22N2O4/c1-20(9-11-23-12-10-21)14-7-8-17(19)16(13-14)18(22)24-15-5-3-2-4-6-15/h2-8,13,21H,9-12,19H2,1H3. The first kappa shape index (κ1) is 17.8. The van der Waals surface area contributed by atoms with Gasteiger partial charge in [0.05, 0.1) is 25.4 Å². The minimum Gasteiger partial charge on any atom is -0.423 e. The number of hydrogen-bond donors (Lipinski definition) is 2. The van der Waals surface area contributed by atoms with E-state index in [1.807, 2.05) is 24.1 Å². The van der Waals surface area contributed by atoms with Crippen molar-refractivity contribution in [3.63, 3.8) is 0 Å². The lowest BCUT2D eigenvalue weighted by molar-refractivity contribution is 0.0736. The number of rotatable bonds is 8. The zero-order chi connectivity index (χ0) is 17.4. The van der Waals surface area contributed by atoms with Gasteiger partial charge in [0.15, 0.2) is 0 Å². The van der Waals surface area contributed by atoms with Crippen LogP contribution >= 0.6 is 0 Å². The second-order valence-corrected chi connectivity index (χ2v) is 5.23. The predicted octanol–water partition coefficient (Wildman–Crippen LogP) is 1.93. The summed E-state index contributed by atoms with van der Waals surface area (Å²) >= 11 is 0. The quantitative estimate of drug-likeness (QED) is 0.333. The molecule has 2 aromatic carbocycles. The maximum Gasteiger partial charge on any atom is 0.345 e. The second-order valence-electron chi connectivity index (χ2n) is 5.23. The second kappa shape index (κ2) is 8.90. The fourth-order valence-corrected chi connectivity index (χ4v) is 2.11. The van der Waals surface area contributed by atoms with Gasteiger partial charge in [0.2, 0.25) is 0 Å². The molecule has 0 saturated carbocycles. The number of anilines is 2. The van der Waals surface area contributed by atoms with Crippen LogP contribution in [0.1, 0.15) is 10.4 Å². The number of ether oxygens (including phenoxy) is 2. The van der Waals surface area contributed by atoms with E-state index in [9.17, 15) is 4.79 Å². The fourth-order valence-electron chi connectivity index (χ4n) is 2.11. The molecule has 0 atom stereocenters. The molecular weight excluding hydrogens is 308 g/mol. The molecule has 0 aliphatic rings. The molecule has 2 aromatic rings. The lowest BCUT2D eigenvalue weighted by Gasteiger charge is -2.20. The Balaban J connectivity index is 2.06. The Bertz CT molecular complexity index is 661. The van der Waals surface area contributed by atoms with Gasteiger partial charge in [0.1, 0.15) is 5.75 Å². The van der Waals surface area contributed by atoms with Gasteiger partial charge in [0.25, 0.3) is 0 Å². The molecule has 6 heteroatoms. The summed E-state index contributed by atoms with van der Waals surface area (Å²) in [6, 6.07) is 14.1. The summed E-state index contributed by atoms with van der Waals surface area (Å²) in [5, 5.41) is 8.69. The molecule has 0 fully saturated rings. The molecule has 0 amide bonds. The third-order valence-electron chi connectivity index (χ3n) is 3.46. The van der Waals surface area contributed by atoms with Crippen LogP contribution in [0.4, 0.5) is 11.4 Å². The summed E-state index contributed by atoms with van der Waals surface area (Å²) in [4.78, 5) is 14.3. The van der Waals surface area contributed by atoms with E-state index < -0.39 is 5.97 Å². The van der Waals surface area contributed by atoms with Gasteiger partial charge in [-0.25, -0.2) is 4.79 Å². The number of carbonyl (C=O) groups is 1. The Hall–Kier alpha value is -2.57. The Morgan fingerprint density at radius 2 is 1.92 bits per heavy atom. The molecule has 128 valence electrons. The summed E-state index contributed by atoms with van der Waals surface area (Å²) in [5.74, 6) is -0.0245. The van der Waals surface area contributed by atoms with Crippen molar-refractivity contribution in [2.45, 2.75) is 0 Å². The highest BCUT2D eigenvalue weighted by Gasteiger charge is 2.14. The van der Waals surface area contributed by atoms with E-state index >= 15 is 0 Å². The van der Waals surface area contributed by atoms with Crippen molar-refractivity contribution in [1.29, 1.82) is 0 Å². The number of benzene rings is 2. The summed E-state index contributed by atoms with van der Waals surface area (Å²) in [6.45, 7) is 1.41. The molecule has 3 N–H and O–H groups in total. The minimum atomic E-state index is -0.495. The summed E-state index contributed by atoms with van der Waals surface area (Å²) in [6.07, 6.45) is 0. The minimum absolute atomic E-state index is 0.00105. The number of aliphatic hydroxyl groups is 1. The van der Waals surface area contributed by atoms with Crippen LogP contribution in [0.2, 0.25) is 0 Å². The fraction of sp³-hybridized carbons (Fsp3) is 0.278.